The average molecular weight is 254 g/mol. The van der Waals surface area contributed by atoms with E-state index in [0.717, 1.165) is 32.2 Å². The number of amides is 1. The van der Waals surface area contributed by atoms with E-state index in [1.807, 2.05) is 0 Å². The lowest BCUT2D eigenvalue weighted by Gasteiger charge is -2.38. The molecule has 2 rings (SSSR count). The molecule has 2 unspecified atom stereocenters. The maximum Gasteiger partial charge on any atom is 0.326 e. The maximum absolute atomic E-state index is 12.4. The van der Waals surface area contributed by atoms with Gasteiger partial charge in [0.25, 0.3) is 0 Å². The molecular formula is C13H22N2O3. The van der Waals surface area contributed by atoms with Gasteiger partial charge in [-0.15, -0.1) is 0 Å². The standard InChI is InChI=1S/C13H22N2O3/c1-9-5-7-15(11(8-9)13(17)18)12(16)10-4-2-3-6-14-10/h9-11,14H,2-8H2,1H3,(H,17,18)/t9?,10-,11?/m1/s1. The van der Waals surface area contributed by atoms with E-state index in [1.165, 1.54) is 0 Å². The van der Waals surface area contributed by atoms with Gasteiger partial charge in [-0.05, 0) is 38.1 Å². The Bertz CT molecular complexity index is 326. The first-order valence-electron chi connectivity index (χ1n) is 6.86. The van der Waals surface area contributed by atoms with E-state index in [9.17, 15) is 14.7 Å². The number of carboxylic acid groups (broad SMARTS) is 1. The Morgan fingerprint density at radius 1 is 1.28 bits per heavy atom. The number of hydrogen-bond acceptors (Lipinski definition) is 3. The highest BCUT2D eigenvalue weighted by Gasteiger charge is 2.37. The van der Waals surface area contributed by atoms with Crippen LogP contribution in [0.25, 0.3) is 0 Å². The lowest BCUT2D eigenvalue weighted by atomic mass is 9.91. The van der Waals surface area contributed by atoms with Crippen molar-refractivity contribution >= 4 is 11.9 Å². The number of piperidine rings is 2. The van der Waals surface area contributed by atoms with Gasteiger partial charge in [0.1, 0.15) is 6.04 Å². The Morgan fingerprint density at radius 3 is 2.67 bits per heavy atom. The molecular weight excluding hydrogens is 232 g/mol. The SMILES string of the molecule is CC1CCN(C(=O)[C@H]2CCCCN2)C(C(=O)O)C1. The van der Waals surface area contributed by atoms with Gasteiger partial charge in [0.05, 0.1) is 6.04 Å². The van der Waals surface area contributed by atoms with E-state index in [0.29, 0.717) is 18.9 Å². The number of carbonyl (C=O) groups excluding carboxylic acids is 1. The van der Waals surface area contributed by atoms with Crippen LogP contribution >= 0.6 is 0 Å². The maximum atomic E-state index is 12.4. The zero-order valence-electron chi connectivity index (χ0n) is 10.9. The van der Waals surface area contributed by atoms with Crippen molar-refractivity contribution in [2.75, 3.05) is 13.1 Å². The van der Waals surface area contributed by atoms with Gasteiger partial charge in [-0.1, -0.05) is 13.3 Å². The van der Waals surface area contributed by atoms with Crippen molar-refractivity contribution in [1.29, 1.82) is 0 Å². The molecule has 1 amide bonds. The summed E-state index contributed by atoms with van der Waals surface area (Å²) in [5.41, 5.74) is 0. The fourth-order valence-corrected chi connectivity index (χ4v) is 2.90. The van der Waals surface area contributed by atoms with E-state index in [-0.39, 0.29) is 11.9 Å². The Kier molecular flexibility index (Phi) is 4.22. The van der Waals surface area contributed by atoms with Gasteiger partial charge < -0.3 is 15.3 Å². The molecule has 0 radical (unpaired) electrons. The molecule has 18 heavy (non-hydrogen) atoms. The van der Waals surface area contributed by atoms with Crippen LogP contribution in [0, 0.1) is 5.92 Å². The monoisotopic (exact) mass is 254 g/mol. The number of aliphatic carboxylic acids is 1. The van der Waals surface area contributed by atoms with Crippen molar-refractivity contribution in [2.45, 2.75) is 51.1 Å². The third kappa shape index (κ3) is 2.83. The van der Waals surface area contributed by atoms with Crippen molar-refractivity contribution in [1.82, 2.24) is 10.2 Å². The highest BCUT2D eigenvalue weighted by molar-refractivity contribution is 5.87. The van der Waals surface area contributed by atoms with Gasteiger partial charge in [0, 0.05) is 6.54 Å². The van der Waals surface area contributed by atoms with E-state index in [1.54, 1.807) is 4.90 Å². The summed E-state index contributed by atoms with van der Waals surface area (Å²) in [5, 5.41) is 12.5. The predicted molar refractivity (Wildman–Crippen MR) is 67.2 cm³/mol. The highest BCUT2D eigenvalue weighted by atomic mass is 16.4. The summed E-state index contributed by atoms with van der Waals surface area (Å²) in [7, 11) is 0. The Balaban J connectivity index is 2.04. The van der Waals surface area contributed by atoms with Gasteiger partial charge in [-0.3, -0.25) is 4.79 Å². The summed E-state index contributed by atoms with van der Waals surface area (Å²) < 4.78 is 0. The van der Waals surface area contributed by atoms with Crippen LogP contribution in [-0.2, 0) is 9.59 Å². The average Bonchev–Trinajstić information content (AvgIpc) is 2.39. The quantitative estimate of drug-likeness (QED) is 0.766. The Hall–Kier alpha value is -1.10. The molecule has 0 aromatic carbocycles. The Morgan fingerprint density at radius 2 is 2.06 bits per heavy atom. The van der Waals surface area contributed by atoms with Crippen LogP contribution in [0.5, 0.6) is 0 Å². The van der Waals surface area contributed by atoms with E-state index < -0.39 is 12.0 Å². The van der Waals surface area contributed by atoms with E-state index >= 15 is 0 Å². The molecule has 2 N–H and O–H groups in total. The molecule has 2 aliphatic rings. The second-order valence-electron chi connectivity index (χ2n) is 5.52. The predicted octanol–water partition coefficient (Wildman–Crippen LogP) is 0.840. The van der Waals surface area contributed by atoms with Crippen LogP contribution < -0.4 is 5.32 Å². The normalized spacial score (nSPS) is 33.2. The first kappa shape index (κ1) is 13.3. The van der Waals surface area contributed by atoms with Crippen LogP contribution in [0.2, 0.25) is 0 Å². The minimum Gasteiger partial charge on any atom is -0.480 e. The molecule has 0 saturated carbocycles. The fourth-order valence-electron chi connectivity index (χ4n) is 2.90. The van der Waals surface area contributed by atoms with Crippen molar-refractivity contribution < 1.29 is 14.7 Å². The van der Waals surface area contributed by atoms with Gasteiger partial charge in [-0.2, -0.15) is 0 Å². The van der Waals surface area contributed by atoms with Gasteiger partial charge in [-0.25, -0.2) is 4.79 Å². The second-order valence-corrected chi connectivity index (χ2v) is 5.52. The fraction of sp³-hybridized carbons (Fsp3) is 0.846. The third-order valence-electron chi connectivity index (χ3n) is 4.04. The number of rotatable bonds is 2. The summed E-state index contributed by atoms with van der Waals surface area (Å²) in [6, 6.07) is -0.806. The van der Waals surface area contributed by atoms with Crippen molar-refractivity contribution in [3.8, 4) is 0 Å². The molecule has 2 heterocycles. The van der Waals surface area contributed by atoms with Gasteiger partial charge in [0.2, 0.25) is 5.91 Å². The molecule has 0 spiro atoms. The number of carboxylic acids is 1. The molecule has 102 valence electrons. The van der Waals surface area contributed by atoms with Crippen molar-refractivity contribution in [2.24, 2.45) is 5.92 Å². The molecule has 5 nitrogen and oxygen atoms in total. The van der Waals surface area contributed by atoms with Crippen LogP contribution in [0.3, 0.4) is 0 Å². The molecule has 3 atom stereocenters. The second kappa shape index (κ2) is 5.69. The minimum atomic E-state index is -0.870. The first-order chi connectivity index (χ1) is 8.59. The molecule has 2 saturated heterocycles. The third-order valence-corrected chi connectivity index (χ3v) is 4.04. The number of likely N-dealkylation sites (tertiary alicyclic amines) is 1. The topological polar surface area (TPSA) is 69.6 Å². The van der Waals surface area contributed by atoms with Crippen LogP contribution in [0.1, 0.15) is 39.0 Å². The number of carbonyl (C=O) groups is 2. The van der Waals surface area contributed by atoms with Gasteiger partial charge in [0.15, 0.2) is 0 Å². The molecule has 5 heteroatoms. The molecule has 2 fully saturated rings. The number of nitrogens with zero attached hydrogens (tertiary/aromatic N) is 1. The van der Waals surface area contributed by atoms with Crippen LogP contribution in [0.4, 0.5) is 0 Å². The summed E-state index contributed by atoms with van der Waals surface area (Å²) in [5.74, 6) is -0.505. The Labute approximate surface area is 108 Å². The summed E-state index contributed by atoms with van der Waals surface area (Å²) in [6.45, 7) is 3.49. The lowest BCUT2D eigenvalue weighted by molar-refractivity contribution is -0.154. The smallest absolute Gasteiger partial charge is 0.326 e. The van der Waals surface area contributed by atoms with E-state index in [2.05, 4.69) is 12.2 Å². The van der Waals surface area contributed by atoms with Crippen molar-refractivity contribution in [3.63, 3.8) is 0 Å². The summed E-state index contributed by atoms with van der Waals surface area (Å²) in [6.07, 6.45) is 4.46. The lowest BCUT2D eigenvalue weighted by Crippen LogP contribution is -2.56. The number of nitrogens with one attached hydrogen (secondary N) is 1. The molecule has 2 aliphatic heterocycles. The molecule has 0 aromatic rings. The van der Waals surface area contributed by atoms with E-state index in [4.69, 9.17) is 0 Å². The summed E-state index contributed by atoms with van der Waals surface area (Å²) >= 11 is 0. The minimum absolute atomic E-state index is 0.0194. The molecule has 0 aromatic heterocycles. The molecule has 0 bridgehead atoms. The largest absolute Gasteiger partial charge is 0.480 e. The highest BCUT2D eigenvalue weighted by Crippen LogP contribution is 2.24. The summed E-state index contributed by atoms with van der Waals surface area (Å²) in [4.78, 5) is 25.2. The zero-order chi connectivity index (χ0) is 13.1. The van der Waals surface area contributed by atoms with Crippen LogP contribution in [-0.4, -0.2) is 47.1 Å². The first-order valence-corrected chi connectivity index (χ1v) is 6.86. The zero-order valence-corrected chi connectivity index (χ0v) is 10.9. The number of hydrogen-bond donors (Lipinski definition) is 2. The van der Waals surface area contributed by atoms with Gasteiger partial charge >= 0.3 is 5.97 Å². The van der Waals surface area contributed by atoms with Crippen molar-refractivity contribution in [3.05, 3.63) is 0 Å². The molecule has 0 aliphatic carbocycles. The van der Waals surface area contributed by atoms with Crippen LogP contribution in [0.15, 0.2) is 0 Å².